The van der Waals surface area contributed by atoms with Crippen LogP contribution in [0.1, 0.15) is 20.8 Å². The number of fused-ring (bicyclic) bond motifs is 1. The third kappa shape index (κ3) is 1.65. The fourth-order valence-electron chi connectivity index (χ4n) is 1.62. The van der Waals surface area contributed by atoms with Gasteiger partial charge in [-0.15, -0.1) is 0 Å². The maximum atomic E-state index is 5.86. The topological polar surface area (TPSA) is 56.7 Å². The van der Waals surface area contributed by atoms with E-state index in [1.807, 2.05) is 4.57 Å². The number of nitrogens with zero attached hydrogens (tertiary/aromatic N) is 3. The van der Waals surface area contributed by atoms with Crippen molar-refractivity contribution in [2.24, 2.45) is 0 Å². The maximum Gasteiger partial charge on any atom is 0.202 e. The van der Waals surface area contributed by atoms with Gasteiger partial charge in [0.2, 0.25) is 5.95 Å². The molecule has 5 heteroatoms. The van der Waals surface area contributed by atoms with Crippen molar-refractivity contribution in [2.75, 3.05) is 5.73 Å². The molecule has 2 aromatic heterocycles. The highest BCUT2D eigenvalue weighted by molar-refractivity contribution is 6.31. The molecule has 0 spiro atoms. The minimum Gasteiger partial charge on any atom is -0.369 e. The Kier molecular flexibility index (Phi) is 2.12. The number of anilines is 1. The SMILES string of the molecule is CC(C)(C)n1c(N)nc2cc(Cl)cnc21. The quantitative estimate of drug-likeness (QED) is 0.748. The molecule has 0 aromatic carbocycles. The first kappa shape index (κ1) is 10.2. The molecule has 0 unspecified atom stereocenters. The summed E-state index contributed by atoms with van der Waals surface area (Å²) >= 11 is 5.84. The molecule has 2 rings (SSSR count). The van der Waals surface area contributed by atoms with Crippen molar-refractivity contribution >= 4 is 28.7 Å². The van der Waals surface area contributed by atoms with E-state index in [-0.39, 0.29) is 5.54 Å². The van der Waals surface area contributed by atoms with Crippen LogP contribution in [0.5, 0.6) is 0 Å². The standard InChI is InChI=1S/C10H13ClN4/c1-10(2,3)15-8-7(14-9(15)12)4-6(11)5-13-8/h4-5H,1-3H3,(H2,12,14). The van der Waals surface area contributed by atoms with Gasteiger partial charge >= 0.3 is 0 Å². The first-order valence-electron chi connectivity index (χ1n) is 4.69. The zero-order valence-corrected chi connectivity index (χ0v) is 9.71. The zero-order chi connectivity index (χ0) is 11.2. The largest absolute Gasteiger partial charge is 0.369 e. The molecular weight excluding hydrogens is 212 g/mol. The Balaban J connectivity index is 2.80. The summed E-state index contributed by atoms with van der Waals surface area (Å²) in [6, 6.07) is 1.77. The Morgan fingerprint density at radius 3 is 2.67 bits per heavy atom. The molecule has 0 saturated carbocycles. The lowest BCUT2D eigenvalue weighted by molar-refractivity contribution is 0.412. The molecule has 0 fully saturated rings. The number of rotatable bonds is 0. The molecule has 0 radical (unpaired) electrons. The van der Waals surface area contributed by atoms with Gasteiger partial charge in [-0.2, -0.15) is 0 Å². The first-order valence-corrected chi connectivity index (χ1v) is 5.07. The molecule has 0 amide bonds. The van der Waals surface area contributed by atoms with Gasteiger partial charge in [-0.25, -0.2) is 9.97 Å². The van der Waals surface area contributed by atoms with Crippen LogP contribution in [-0.2, 0) is 5.54 Å². The van der Waals surface area contributed by atoms with Crippen molar-refractivity contribution in [1.82, 2.24) is 14.5 Å². The minimum absolute atomic E-state index is 0.139. The Morgan fingerprint density at radius 1 is 1.40 bits per heavy atom. The second kappa shape index (κ2) is 3.10. The highest BCUT2D eigenvalue weighted by atomic mass is 35.5. The molecule has 0 aliphatic rings. The van der Waals surface area contributed by atoms with E-state index in [9.17, 15) is 0 Å². The summed E-state index contributed by atoms with van der Waals surface area (Å²) in [7, 11) is 0. The number of halogens is 1. The van der Waals surface area contributed by atoms with Crippen molar-refractivity contribution in [3.05, 3.63) is 17.3 Å². The minimum atomic E-state index is -0.139. The molecule has 2 heterocycles. The van der Waals surface area contributed by atoms with E-state index in [1.54, 1.807) is 12.3 Å². The van der Waals surface area contributed by atoms with E-state index < -0.39 is 0 Å². The monoisotopic (exact) mass is 224 g/mol. The summed E-state index contributed by atoms with van der Waals surface area (Å²) in [4.78, 5) is 8.49. The van der Waals surface area contributed by atoms with Crippen LogP contribution in [0.4, 0.5) is 5.95 Å². The zero-order valence-electron chi connectivity index (χ0n) is 8.95. The fraction of sp³-hybridized carbons (Fsp3) is 0.400. The lowest BCUT2D eigenvalue weighted by Crippen LogP contribution is -2.23. The summed E-state index contributed by atoms with van der Waals surface area (Å²) < 4.78 is 1.90. The van der Waals surface area contributed by atoms with E-state index in [4.69, 9.17) is 17.3 Å². The molecule has 4 nitrogen and oxygen atoms in total. The van der Waals surface area contributed by atoms with E-state index in [2.05, 4.69) is 30.7 Å². The molecule has 0 aliphatic heterocycles. The van der Waals surface area contributed by atoms with Crippen LogP contribution in [0.3, 0.4) is 0 Å². The van der Waals surface area contributed by atoms with Gasteiger partial charge in [0.25, 0.3) is 0 Å². The molecule has 2 N–H and O–H groups in total. The van der Waals surface area contributed by atoms with E-state index in [0.717, 1.165) is 11.2 Å². The molecule has 15 heavy (non-hydrogen) atoms. The van der Waals surface area contributed by atoms with Gasteiger partial charge in [0.05, 0.1) is 5.02 Å². The van der Waals surface area contributed by atoms with Crippen LogP contribution >= 0.6 is 11.6 Å². The van der Waals surface area contributed by atoms with Crippen LogP contribution < -0.4 is 5.73 Å². The summed E-state index contributed by atoms with van der Waals surface area (Å²) in [6.45, 7) is 6.17. The number of nitrogens with two attached hydrogens (primary N) is 1. The fourth-order valence-corrected chi connectivity index (χ4v) is 1.77. The average molecular weight is 225 g/mol. The Labute approximate surface area is 93.1 Å². The third-order valence-corrected chi connectivity index (χ3v) is 2.37. The van der Waals surface area contributed by atoms with E-state index >= 15 is 0 Å². The van der Waals surface area contributed by atoms with E-state index in [0.29, 0.717) is 11.0 Å². The number of hydrogen-bond donors (Lipinski definition) is 1. The number of hydrogen-bond acceptors (Lipinski definition) is 3. The van der Waals surface area contributed by atoms with Gasteiger partial charge in [0, 0.05) is 11.7 Å². The summed E-state index contributed by atoms with van der Waals surface area (Å²) in [5.74, 6) is 0.465. The summed E-state index contributed by atoms with van der Waals surface area (Å²) in [5, 5.41) is 0.570. The molecule has 0 bridgehead atoms. The van der Waals surface area contributed by atoms with Crippen molar-refractivity contribution in [3.63, 3.8) is 0 Å². The normalized spacial score (nSPS) is 12.3. The maximum absolute atomic E-state index is 5.86. The van der Waals surface area contributed by atoms with Gasteiger partial charge < -0.3 is 5.73 Å². The molecule has 80 valence electrons. The van der Waals surface area contributed by atoms with Gasteiger partial charge in [0.1, 0.15) is 5.52 Å². The molecule has 0 saturated heterocycles. The second-order valence-electron chi connectivity index (χ2n) is 4.47. The smallest absolute Gasteiger partial charge is 0.202 e. The van der Waals surface area contributed by atoms with Gasteiger partial charge in [-0.3, -0.25) is 4.57 Å². The Hall–Kier alpha value is -1.29. The first-order chi connectivity index (χ1) is 6.89. The summed E-state index contributed by atoms with van der Waals surface area (Å²) in [5.41, 5.74) is 7.22. The number of nitrogen functional groups attached to an aromatic ring is 1. The van der Waals surface area contributed by atoms with Crippen LogP contribution in [-0.4, -0.2) is 14.5 Å². The molecule has 0 aliphatic carbocycles. The van der Waals surface area contributed by atoms with Crippen LogP contribution in [0.2, 0.25) is 5.02 Å². The molecule has 2 aromatic rings. The van der Waals surface area contributed by atoms with Gasteiger partial charge in [-0.1, -0.05) is 11.6 Å². The Bertz CT molecular complexity index is 510. The lowest BCUT2D eigenvalue weighted by atomic mass is 10.1. The van der Waals surface area contributed by atoms with Crippen molar-refractivity contribution in [3.8, 4) is 0 Å². The van der Waals surface area contributed by atoms with Crippen molar-refractivity contribution < 1.29 is 0 Å². The predicted molar refractivity (Wildman–Crippen MR) is 61.9 cm³/mol. The van der Waals surface area contributed by atoms with Crippen LogP contribution in [0, 0.1) is 0 Å². The van der Waals surface area contributed by atoms with Crippen LogP contribution in [0.15, 0.2) is 12.3 Å². The van der Waals surface area contributed by atoms with Gasteiger partial charge in [-0.05, 0) is 26.8 Å². The lowest BCUT2D eigenvalue weighted by Gasteiger charge is -2.22. The molecular formula is C10H13ClN4. The molecule has 0 atom stereocenters. The van der Waals surface area contributed by atoms with Crippen LogP contribution in [0.25, 0.3) is 11.2 Å². The number of imidazole rings is 1. The van der Waals surface area contributed by atoms with Crippen molar-refractivity contribution in [2.45, 2.75) is 26.3 Å². The van der Waals surface area contributed by atoms with Gasteiger partial charge in [0.15, 0.2) is 5.65 Å². The Morgan fingerprint density at radius 2 is 2.07 bits per heavy atom. The summed E-state index contributed by atoms with van der Waals surface area (Å²) in [6.07, 6.45) is 1.60. The van der Waals surface area contributed by atoms with Crippen molar-refractivity contribution in [1.29, 1.82) is 0 Å². The highest BCUT2D eigenvalue weighted by Crippen LogP contribution is 2.26. The third-order valence-electron chi connectivity index (χ3n) is 2.16. The highest BCUT2D eigenvalue weighted by Gasteiger charge is 2.20. The average Bonchev–Trinajstić information content (AvgIpc) is 2.38. The van der Waals surface area contributed by atoms with E-state index in [1.165, 1.54) is 0 Å². The number of pyridine rings is 1. The number of aromatic nitrogens is 3. The second-order valence-corrected chi connectivity index (χ2v) is 4.91. The predicted octanol–water partition coefficient (Wildman–Crippen LogP) is 2.42.